The molecule has 0 bridgehead atoms. The number of hydrogen-bond donors (Lipinski definition) is 1. The molecule has 2 heterocycles. The van der Waals surface area contributed by atoms with Crippen molar-refractivity contribution < 1.29 is 9.53 Å². The van der Waals surface area contributed by atoms with Gasteiger partial charge in [0.05, 0.1) is 5.52 Å². The number of nitrogens with one attached hydrogen (secondary N) is 1. The Morgan fingerprint density at radius 2 is 1.86 bits per heavy atom. The second kappa shape index (κ2) is 8.27. The third kappa shape index (κ3) is 4.40. The molecular formula is C22H24N4O2. The first-order valence-electron chi connectivity index (χ1n) is 9.48. The van der Waals surface area contributed by atoms with Gasteiger partial charge in [-0.1, -0.05) is 6.07 Å². The first-order chi connectivity index (χ1) is 13.7. The molecule has 1 saturated heterocycles. The average Bonchev–Trinajstić information content (AvgIpc) is 2.73. The van der Waals surface area contributed by atoms with Gasteiger partial charge in [0.1, 0.15) is 5.75 Å². The maximum atomic E-state index is 12.2. The Kier molecular flexibility index (Phi) is 5.39. The summed E-state index contributed by atoms with van der Waals surface area (Å²) in [5, 5.41) is 3.87. The van der Waals surface area contributed by atoms with Gasteiger partial charge in [0.2, 0.25) is 0 Å². The number of nitrogens with zero attached hydrogens (tertiary/aromatic N) is 3. The van der Waals surface area contributed by atoms with Crippen molar-refractivity contribution in [1.29, 1.82) is 0 Å². The van der Waals surface area contributed by atoms with E-state index >= 15 is 0 Å². The second-order valence-corrected chi connectivity index (χ2v) is 7.03. The van der Waals surface area contributed by atoms with E-state index in [9.17, 15) is 4.79 Å². The Morgan fingerprint density at radius 3 is 2.64 bits per heavy atom. The predicted octanol–water partition coefficient (Wildman–Crippen LogP) is 3.00. The summed E-state index contributed by atoms with van der Waals surface area (Å²) >= 11 is 0. The number of rotatable bonds is 5. The van der Waals surface area contributed by atoms with Crippen molar-refractivity contribution in [2.45, 2.75) is 0 Å². The van der Waals surface area contributed by atoms with Crippen LogP contribution >= 0.6 is 0 Å². The van der Waals surface area contributed by atoms with Gasteiger partial charge in [0.15, 0.2) is 6.61 Å². The van der Waals surface area contributed by atoms with Gasteiger partial charge in [-0.2, -0.15) is 0 Å². The van der Waals surface area contributed by atoms with E-state index in [1.807, 2.05) is 42.5 Å². The van der Waals surface area contributed by atoms with Gasteiger partial charge < -0.3 is 19.9 Å². The van der Waals surface area contributed by atoms with Crippen molar-refractivity contribution in [1.82, 2.24) is 9.88 Å². The third-order valence-electron chi connectivity index (χ3n) is 4.96. The van der Waals surface area contributed by atoms with Crippen LogP contribution in [0.1, 0.15) is 0 Å². The molecule has 3 aromatic rings. The Hall–Kier alpha value is -3.12. The van der Waals surface area contributed by atoms with E-state index in [1.54, 1.807) is 6.20 Å². The maximum absolute atomic E-state index is 12.2. The number of piperazine rings is 1. The van der Waals surface area contributed by atoms with Gasteiger partial charge in [0, 0.05) is 49.1 Å². The average molecular weight is 376 g/mol. The molecule has 28 heavy (non-hydrogen) atoms. The van der Waals surface area contributed by atoms with Crippen LogP contribution in [-0.2, 0) is 4.79 Å². The molecule has 1 fully saturated rings. The largest absolute Gasteiger partial charge is 0.484 e. The lowest BCUT2D eigenvalue weighted by atomic mass is 10.2. The van der Waals surface area contributed by atoms with E-state index in [-0.39, 0.29) is 12.5 Å². The maximum Gasteiger partial charge on any atom is 0.262 e. The van der Waals surface area contributed by atoms with Crippen LogP contribution in [0.15, 0.2) is 60.8 Å². The fourth-order valence-corrected chi connectivity index (χ4v) is 3.31. The molecule has 4 rings (SSSR count). The van der Waals surface area contributed by atoms with Crippen LogP contribution in [0.2, 0.25) is 0 Å². The summed E-state index contributed by atoms with van der Waals surface area (Å²) in [5.74, 6) is 0.472. The molecule has 2 aromatic carbocycles. The lowest BCUT2D eigenvalue weighted by molar-refractivity contribution is -0.118. The smallest absolute Gasteiger partial charge is 0.262 e. The summed E-state index contributed by atoms with van der Waals surface area (Å²) < 4.78 is 5.62. The van der Waals surface area contributed by atoms with E-state index in [0.29, 0.717) is 5.75 Å². The molecule has 0 saturated carbocycles. The zero-order chi connectivity index (χ0) is 19.3. The molecule has 0 spiro atoms. The third-order valence-corrected chi connectivity index (χ3v) is 4.96. The molecule has 1 N–H and O–H groups in total. The molecule has 0 unspecified atom stereocenters. The van der Waals surface area contributed by atoms with Crippen molar-refractivity contribution >= 4 is 28.2 Å². The zero-order valence-electron chi connectivity index (χ0n) is 16.0. The Labute approximate surface area is 164 Å². The topological polar surface area (TPSA) is 57.7 Å². The Balaban J connectivity index is 1.30. The van der Waals surface area contributed by atoms with E-state index < -0.39 is 0 Å². The summed E-state index contributed by atoms with van der Waals surface area (Å²) in [7, 11) is 2.15. The molecule has 1 aliphatic rings. The van der Waals surface area contributed by atoms with Gasteiger partial charge in [-0.05, 0) is 55.6 Å². The standard InChI is InChI=1S/C22H24N4O2/c1-25-11-13-26(14-12-25)19-6-4-18(5-7-19)24-22(27)16-28-20-8-9-21-17(15-20)3-2-10-23-21/h2-10,15H,11-14,16H2,1H3,(H,24,27). The predicted molar refractivity (Wildman–Crippen MR) is 112 cm³/mol. The van der Waals surface area contributed by atoms with Crippen LogP contribution in [0.25, 0.3) is 10.9 Å². The highest BCUT2D eigenvalue weighted by molar-refractivity contribution is 5.92. The number of carbonyl (C=O) groups excluding carboxylic acids is 1. The molecule has 1 aliphatic heterocycles. The quantitative estimate of drug-likeness (QED) is 0.742. The fraction of sp³-hybridized carbons (Fsp3) is 0.273. The lowest BCUT2D eigenvalue weighted by Gasteiger charge is -2.34. The monoisotopic (exact) mass is 376 g/mol. The number of benzene rings is 2. The number of carbonyl (C=O) groups is 1. The fourth-order valence-electron chi connectivity index (χ4n) is 3.31. The molecule has 0 atom stereocenters. The number of aromatic nitrogens is 1. The van der Waals surface area contributed by atoms with Crippen LogP contribution in [0.4, 0.5) is 11.4 Å². The summed E-state index contributed by atoms with van der Waals surface area (Å²) in [6.07, 6.45) is 1.76. The highest BCUT2D eigenvalue weighted by Gasteiger charge is 2.14. The molecule has 6 heteroatoms. The van der Waals surface area contributed by atoms with E-state index in [2.05, 4.69) is 39.3 Å². The van der Waals surface area contributed by atoms with Crippen molar-refractivity contribution in [2.24, 2.45) is 0 Å². The summed E-state index contributed by atoms with van der Waals surface area (Å²) in [4.78, 5) is 21.2. The van der Waals surface area contributed by atoms with Crippen LogP contribution in [0, 0.1) is 0 Å². The zero-order valence-corrected chi connectivity index (χ0v) is 16.0. The minimum atomic E-state index is -0.182. The normalized spacial score (nSPS) is 14.8. The SMILES string of the molecule is CN1CCN(c2ccc(NC(=O)COc3ccc4ncccc4c3)cc2)CC1. The Morgan fingerprint density at radius 1 is 1.07 bits per heavy atom. The van der Waals surface area contributed by atoms with Crippen LogP contribution in [0.3, 0.4) is 0 Å². The van der Waals surface area contributed by atoms with Crippen LogP contribution in [0.5, 0.6) is 5.75 Å². The Bertz CT molecular complexity index is 950. The minimum absolute atomic E-state index is 0.0357. The van der Waals surface area contributed by atoms with Gasteiger partial charge in [-0.3, -0.25) is 9.78 Å². The number of fused-ring (bicyclic) bond motifs is 1. The van der Waals surface area contributed by atoms with Gasteiger partial charge >= 0.3 is 0 Å². The summed E-state index contributed by atoms with van der Waals surface area (Å²) in [5.41, 5.74) is 2.86. The minimum Gasteiger partial charge on any atom is -0.484 e. The molecule has 6 nitrogen and oxygen atoms in total. The number of anilines is 2. The number of hydrogen-bond acceptors (Lipinski definition) is 5. The van der Waals surface area contributed by atoms with Gasteiger partial charge in [-0.25, -0.2) is 0 Å². The van der Waals surface area contributed by atoms with Crippen molar-refractivity contribution in [2.75, 3.05) is 50.1 Å². The molecule has 1 aromatic heterocycles. The highest BCUT2D eigenvalue weighted by atomic mass is 16.5. The van der Waals surface area contributed by atoms with E-state index in [0.717, 1.165) is 42.8 Å². The molecule has 0 radical (unpaired) electrons. The summed E-state index contributed by atoms with van der Waals surface area (Å²) in [6, 6.07) is 17.4. The van der Waals surface area contributed by atoms with E-state index in [4.69, 9.17) is 4.74 Å². The second-order valence-electron chi connectivity index (χ2n) is 7.03. The molecule has 0 aliphatic carbocycles. The lowest BCUT2D eigenvalue weighted by Crippen LogP contribution is -2.44. The number of pyridine rings is 1. The summed E-state index contributed by atoms with van der Waals surface area (Å²) in [6.45, 7) is 4.15. The first kappa shape index (κ1) is 18.3. The molecular weight excluding hydrogens is 352 g/mol. The number of amides is 1. The number of likely N-dealkylation sites (N-methyl/N-ethyl adjacent to an activating group) is 1. The highest BCUT2D eigenvalue weighted by Crippen LogP contribution is 2.20. The van der Waals surface area contributed by atoms with Gasteiger partial charge in [-0.15, -0.1) is 0 Å². The molecule has 1 amide bonds. The van der Waals surface area contributed by atoms with Crippen molar-refractivity contribution in [3.8, 4) is 5.75 Å². The first-order valence-corrected chi connectivity index (χ1v) is 9.48. The number of ether oxygens (including phenoxy) is 1. The van der Waals surface area contributed by atoms with Crippen molar-refractivity contribution in [3.63, 3.8) is 0 Å². The van der Waals surface area contributed by atoms with Crippen molar-refractivity contribution in [3.05, 3.63) is 60.8 Å². The van der Waals surface area contributed by atoms with Crippen LogP contribution in [-0.4, -0.2) is 55.6 Å². The van der Waals surface area contributed by atoms with Gasteiger partial charge in [0.25, 0.3) is 5.91 Å². The van der Waals surface area contributed by atoms with Crippen LogP contribution < -0.4 is 15.0 Å². The molecule has 144 valence electrons. The van der Waals surface area contributed by atoms with E-state index in [1.165, 1.54) is 5.69 Å².